The highest BCUT2D eigenvalue weighted by Crippen LogP contribution is 2.32. The molecular weight excluding hydrogens is 380 g/mol. The predicted molar refractivity (Wildman–Crippen MR) is 116 cm³/mol. The fourth-order valence-electron chi connectivity index (χ4n) is 3.92. The first kappa shape index (κ1) is 21.0. The molecule has 2 heterocycles. The molecule has 6 nitrogen and oxygen atoms in total. The van der Waals surface area contributed by atoms with Crippen molar-refractivity contribution in [2.45, 2.75) is 32.4 Å². The molecule has 6 heteroatoms. The molecule has 0 saturated carbocycles. The number of aliphatic hydroxyl groups is 1. The van der Waals surface area contributed by atoms with Crippen LogP contribution in [-0.2, 0) is 6.54 Å². The van der Waals surface area contributed by atoms with Gasteiger partial charge in [0.2, 0.25) is 6.79 Å². The fraction of sp³-hybridized carbons (Fsp3) is 0.500. The van der Waals surface area contributed by atoms with Crippen LogP contribution in [0.25, 0.3) is 0 Å². The second-order valence-electron chi connectivity index (χ2n) is 8.45. The van der Waals surface area contributed by atoms with Gasteiger partial charge in [0.1, 0.15) is 18.5 Å². The number of benzene rings is 2. The van der Waals surface area contributed by atoms with E-state index in [-0.39, 0.29) is 0 Å². The van der Waals surface area contributed by atoms with Gasteiger partial charge >= 0.3 is 0 Å². The summed E-state index contributed by atoms with van der Waals surface area (Å²) in [6.45, 7) is 10.4. The van der Waals surface area contributed by atoms with Gasteiger partial charge in [-0.1, -0.05) is 32.0 Å². The Labute approximate surface area is 179 Å². The summed E-state index contributed by atoms with van der Waals surface area (Å²) in [5.41, 5.74) is 2.53. The Hall–Kier alpha value is -2.28. The number of ether oxygens (including phenoxy) is 3. The van der Waals surface area contributed by atoms with Crippen LogP contribution in [0.4, 0.5) is 0 Å². The van der Waals surface area contributed by atoms with Gasteiger partial charge in [-0.2, -0.15) is 0 Å². The third-order valence-electron chi connectivity index (χ3n) is 5.77. The molecule has 2 aromatic rings. The van der Waals surface area contributed by atoms with Crippen molar-refractivity contribution in [3.63, 3.8) is 0 Å². The molecule has 0 spiro atoms. The van der Waals surface area contributed by atoms with Crippen molar-refractivity contribution in [1.29, 1.82) is 0 Å². The molecule has 1 atom stereocenters. The quantitative estimate of drug-likeness (QED) is 0.719. The predicted octanol–water partition coefficient (Wildman–Crippen LogP) is 3.10. The van der Waals surface area contributed by atoms with Crippen LogP contribution < -0.4 is 14.2 Å². The standard InChI is InChI=1S/C24H32N2O4/c1-18(2)20-4-6-22(7-5-20)28-16-21(27)15-26-11-9-25(10-12-26)14-19-3-8-23-24(13-19)30-17-29-23/h3-8,13,18,21,27H,9-12,14-17H2,1-2H3. The van der Waals surface area contributed by atoms with Crippen molar-refractivity contribution < 1.29 is 19.3 Å². The van der Waals surface area contributed by atoms with E-state index < -0.39 is 6.10 Å². The van der Waals surface area contributed by atoms with Crippen LogP contribution in [0.15, 0.2) is 42.5 Å². The summed E-state index contributed by atoms with van der Waals surface area (Å²) < 4.78 is 16.6. The molecule has 1 fully saturated rings. The Bertz CT molecular complexity index is 816. The zero-order valence-corrected chi connectivity index (χ0v) is 17.9. The van der Waals surface area contributed by atoms with E-state index in [2.05, 4.69) is 47.9 Å². The molecule has 1 unspecified atom stereocenters. The normalized spacial score (nSPS) is 18.0. The first-order chi connectivity index (χ1) is 14.6. The summed E-state index contributed by atoms with van der Waals surface area (Å²) in [6, 6.07) is 14.3. The van der Waals surface area contributed by atoms with E-state index in [1.165, 1.54) is 11.1 Å². The van der Waals surface area contributed by atoms with Crippen LogP contribution in [-0.4, -0.2) is 67.1 Å². The summed E-state index contributed by atoms with van der Waals surface area (Å²) >= 11 is 0. The zero-order valence-electron chi connectivity index (χ0n) is 17.9. The lowest BCUT2D eigenvalue weighted by molar-refractivity contribution is 0.0446. The largest absolute Gasteiger partial charge is 0.491 e. The maximum absolute atomic E-state index is 10.4. The Balaban J connectivity index is 1.17. The lowest BCUT2D eigenvalue weighted by atomic mass is 10.0. The molecule has 162 valence electrons. The second-order valence-corrected chi connectivity index (χ2v) is 8.45. The fourth-order valence-corrected chi connectivity index (χ4v) is 3.92. The van der Waals surface area contributed by atoms with E-state index in [9.17, 15) is 5.11 Å². The van der Waals surface area contributed by atoms with E-state index in [1.54, 1.807) is 0 Å². The van der Waals surface area contributed by atoms with Gasteiger partial charge in [0, 0.05) is 39.3 Å². The van der Waals surface area contributed by atoms with Gasteiger partial charge in [0.05, 0.1) is 0 Å². The van der Waals surface area contributed by atoms with Crippen LogP contribution in [0.5, 0.6) is 17.2 Å². The van der Waals surface area contributed by atoms with Crippen molar-refractivity contribution in [3.05, 3.63) is 53.6 Å². The first-order valence-electron chi connectivity index (χ1n) is 10.8. The van der Waals surface area contributed by atoms with Crippen LogP contribution in [0.3, 0.4) is 0 Å². The summed E-state index contributed by atoms with van der Waals surface area (Å²) in [5, 5.41) is 10.4. The monoisotopic (exact) mass is 412 g/mol. The number of aliphatic hydroxyl groups excluding tert-OH is 1. The van der Waals surface area contributed by atoms with Crippen LogP contribution in [0, 0.1) is 0 Å². The highest BCUT2D eigenvalue weighted by molar-refractivity contribution is 5.44. The van der Waals surface area contributed by atoms with E-state index in [0.717, 1.165) is 50.0 Å². The summed E-state index contributed by atoms with van der Waals surface area (Å²) in [7, 11) is 0. The molecule has 2 aliphatic heterocycles. The minimum absolute atomic E-state index is 0.312. The summed E-state index contributed by atoms with van der Waals surface area (Å²) in [5.74, 6) is 2.99. The highest BCUT2D eigenvalue weighted by Gasteiger charge is 2.21. The number of piperazine rings is 1. The molecule has 0 aliphatic carbocycles. The number of fused-ring (bicyclic) bond motifs is 1. The maximum atomic E-state index is 10.4. The minimum Gasteiger partial charge on any atom is -0.491 e. The number of hydrogen-bond donors (Lipinski definition) is 1. The number of hydrogen-bond acceptors (Lipinski definition) is 6. The van der Waals surface area contributed by atoms with Crippen molar-refractivity contribution in [1.82, 2.24) is 9.80 Å². The Kier molecular flexibility index (Phi) is 6.77. The van der Waals surface area contributed by atoms with Gasteiger partial charge in [-0.3, -0.25) is 9.80 Å². The average Bonchev–Trinajstić information content (AvgIpc) is 3.22. The van der Waals surface area contributed by atoms with E-state index in [0.29, 0.717) is 25.9 Å². The van der Waals surface area contributed by atoms with E-state index in [1.807, 2.05) is 18.2 Å². The number of nitrogens with zero attached hydrogens (tertiary/aromatic N) is 2. The SMILES string of the molecule is CC(C)c1ccc(OCC(O)CN2CCN(Cc3ccc4c(c3)OCO4)CC2)cc1. The lowest BCUT2D eigenvalue weighted by Gasteiger charge is -2.35. The zero-order chi connectivity index (χ0) is 20.9. The number of rotatable bonds is 8. The summed E-state index contributed by atoms with van der Waals surface area (Å²) in [6.07, 6.45) is -0.491. The van der Waals surface area contributed by atoms with Crippen LogP contribution >= 0.6 is 0 Å². The van der Waals surface area contributed by atoms with Crippen molar-refractivity contribution >= 4 is 0 Å². The molecule has 0 amide bonds. The van der Waals surface area contributed by atoms with Gasteiger partial charge in [0.25, 0.3) is 0 Å². The van der Waals surface area contributed by atoms with Gasteiger partial charge in [-0.15, -0.1) is 0 Å². The molecule has 0 bridgehead atoms. The topological polar surface area (TPSA) is 54.4 Å². The second kappa shape index (κ2) is 9.69. The number of β-amino-alcohol motifs (C(OH)–C–C–N with tert-alkyl or cyclic N) is 1. The molecule has 30 heavy (non-hydrogen) atoms. The first-order valence-corrected chi connectivity index (χ1v) is 10.8. The van der Waals surface area contributed by atoms with Gasteiger partial charge in [-0.25, -0.2) is 0 Å². The molecule has 2 aromatic carbocycles. The maximum Gasteiger partial charge on any atom is 0.231 e. The molecule has 0 aromatic heterocycles. The minimum atomic E-state index is -0.491. The summed E-state index contributed by atoms with van der Waals surface area (Å²) in [4.78, 5) is 4.75. The Morgan fingerprint density at radius 1 is 0.933 bits per heavy atom. The molecule has 1 saturated heterocycles. The van der Waals surface area contributed by atoms with E-state index in [4.69, 9.17) is 14.2 Å². The third-order valence-corrected chi connectivity index (χ3v) is 5.77. The highest BCUT2D eigenvalue weighted by atomic mass is 16.7. The molecule has 4 rings (SSSR count). The van der Waals surface area contributed by atoms with Gasteiger partial charge < -0.3 is 19.3 Å². The van der Waals surface area contributed by atoms with Crippen molar-refractivity contribution in [3.8, 4) is 17.2 Å². The Morgan fingerprint density at radius 3 is 2.37 bits per heavy atom. The lowest BCUT2D eigenvalue weighted by Crippen LogP contribution is -2.48. The Morgan fingerprint density at radius 2 is 1.63 bits per heavy atom. The van der Waals surface area contributed by atoms with Gasteiger partial charge in [-0.05, 0) is 41.3 Å². The van der Waals surface area contributed by atoms with Gasteiger partial charge in [0.15, 0.2) is 11.5 Å². The molecular formula is C24H32N2O4. The molecule has 1 N–H and O–H groups in total. The van der Waals surface area contributed by atoms with Crippen LogP contribution in [0.2, 0.25) is 0 Å². The third kappa shape index (κ3) is 5.45. The molecule has 2 aliphatic rings. The molecule has 0 radical (unpaired) electrons. The van der Waals surface area contributed by atoms with Crippen molar-refractivity contribution in [2.24, 2.45) is 0 Å². The van der Waals surface area contributed by atoms with Crippen LogP contribution in [0.1, 0.15) is 30.9 Å². The smallest absolute Gasteiger partial charge is 0.231 e. The van der Waals surface area contributed by atoms with E-state index >= 15 is 0 Å². The van der Waals surface area contributed by atoms with Crippen molar-refractivity contribution in [2.75, 3.05) is 46.1 Å². The average molecular weight is 413 g/mol.